The molecule has 8 heteroatoms. The maximum absolute atomic E-state index is 12.8. The minimum atomic E-state index is -0.0607. The number of H-pyrrole nitrogens is 1. The standard InChI is InChI=1S/C18H21N3O3S2/c1-24-11-9-19-14(22)8-4-5-10-21-17(23)16-15(20-18(21)25)12-6-2-3-7-13(12)26-16/h2-3,6-7H,4-5,8-11H2,1H3,(H,19,22)(H,20,25). The van der Waals surface area contributed by atoms with Crippen LogP contribution in [-0.4, -0.2) is 35.7 Å². The van der Waals surface area contributed by atoms with E-state index in [2.05, 4.69) is 10.3 Å². The Morgan fingerprint density at radius 3 is 2.96 bits per heavy atom. The predicted octanol–water partition coefficient (Wildman–Crippen LogP) is 3.21. The molecule has 3 rings (SSSR count). The first-order chi connectivity index (χ1) is 12.6. The molecular formula is C18H21N3O3S2. The minimum absolute atomic E-state index is 0.000449. The zero-order valence-electron chi connectivity index (χ0n) is 14.5. The Morgan fingerprint density at radius 2 is 2.15 bits per heavy atom. The lowest BCUT2D eigenvalue weighted by Gasteiger charge is -2.07. The van der Waals surface area contributed by atoms with E-state index < -0.39 is 0 Å². The molecule has 1 amide bonds. The lowest BCUT2D eigenvalue weighted by Crippen LogP contribution is -2.26. The summed E-state index contributed by atoms with van der Waals surface area (Å²) in [4.78, 5) is 27.7. The summed E-state index contributed by atoms with van der Waals surface area (Å²) in [5.74, 6) is -0.000449. The molecule has 6 nitrogen and oxygen atoms in total. The number of aromatic nitrogens is 2. The third-order valence-corrected chi connectivity index (χ3v) is 5.66. The molecule has 2 N–H and O–H groups in total. The van der Waals surface area contributed by atoms with Gasteiger partial charge in [0, 0.05) is 36.7 Å². The molecule has 0 unspecified atom stereocenters. The summed E-state index contributed by atoms with van der Waals surface area (Å²) in [5, 5.41) is 3.81. The molecule has 0 aliphatic rings. The van der Waals surface area contributed by atoms with E-state index in [-0.39, 0.29) is 11.5 Å². The van der Waals surface area contributed by atoms with Crippen LogP contribution in [0.5, 0.6) is 0 Å². The third-order valence-electron chi connectivity index (χ3n) is 4.18. The quantitative estimate of drug-likeness (QED) is 0.457. The van der Waals surface area contributed by atoms with Crippen LogP contribution in [-0.2, 0) is 16.1 Å². The smallest absolute Gasteiger partial charge is 0.272 e. The van der Waals surface area contributed by atoms with E-state index in [0.29, 0.717) is 48.4 Å². The van der Waals surface area contributed by atoms with Crippen molar-refractivity contribution in [1.29, 1.82) is 0 Å². The Bertz CT molecular complexity index is 1040. The number of thiophene rings is 1. The van der Waals surface area contributed by atoms with Crippen molar-refractivity contribution in [3.63, 3.8) is 0 Å². The summed E-state index contributed by atoms with van der Waals surface area (Å²) in [6, 6.07) is 7.91. The van der Waals surface area contributed by atoms with Gasteiger partial charge in [0.15, 0.2) is 4.77 Å². The fourth-order valence-corrected chi connectivity index (χ4v) is 4.23. The molecule has 26 heavy (non-hydrogen) atoms. The highest BCUT2D eigenvalue weighted by atomic mass is 32.1. The molecule has 0 spiro atoms. The second kappa shape index (κ2) is 8.57. The molecule has 0 saturated carbocycles. The number of nitrogens with zero attached hydrogens (tertiary/aromatic N) is 1. The minimum Gasteiger partial charge on any atom is -0.383 e. The average Bonchev–Trinajstić information content (AvgIpc) is 3.00. The molecule has 0 atom stereocenters. The SMILES string of the molecule is COCCNC(=O)CCCCn1c(=S)[nH]c2c(sc3ccccc32)c1=O. The van der Waals surface area contributed by atoms with E-state index in [1.165, 1.54) is 11.3 Å². The van der Waals surface area contributed by atoms with Crippen molar-refractivity contribution < 1.29 is 9.53 Å². The second-order valence-electron chi connectivity index (χ2n) is 5.99. The van der Waals surface area contributed by atoms with E-state index in [0.717, 1.165) is 15.6 Å². The van der Waals surface area contributed by atoms with Gasteiger partial charge in [-0.25, -0.2) is 0 Å². The van der Waals surface area contributed by atoms with E-state index in [4.69, 9.17) is 17.0 Å². The number of nitrogens with one attached hydrogen (secondary N) is 2. The summed E-state index contributed by atoms with van der Waals surface area (Å²) in [7, 11) is 1.60. The fourth-order valence-electron chi connectivity index (χ4n) is 2.85. The van der Waals surface area contributed by atoms with Gasteiger partial charge in [-0.05, 0) is 31.1 Å². The monoisotopic (exact) mass is 391 g/mol. The van der Waals surface area contributed by atoms with Crippen LogP contribution in [0.3, 0.4) is 0 Å². The van der Waals surface area contributed by atoms with Gasteiger partial charge in [0.05, 0.1) is 12.1 Å². The van der Waals surface area contributed by atoms with Gasteiger partial charge in [-0.1, -0.05) is 18.2 Å². The highest BCUT2D eigenvalue weighted by Crippen LogP contribution is 2.29. The first-order valence-electron chi connectivity index (χ1n) is 8.52. The van der Waals surface area contributed by atoms with Gasteiger partial charge in [0.25, 0.3) is 5.56 Å². The number of rotatable bonds is 8. The molecule has 0 radical (unpaired) electrons. The van der Waals surface area contributed by atoms with Crippen molar-refractivity contribution in [2.24, 2.45) is 0 Å². The number of aromatic amines is 1. The maximum Gasteiger partial charge on any atom is 0.272 e. The fraction of sp³-hybridized carbons (Fsp3) is 0.389. The molecule has 2 aromatic heterocycles. The lowest BCUT2D eigenvalue weighted by molar-refractivity contribution is -0.121. The van der Waals surface area contributed by atoms with Gasteiger partial charge in [-0.15, -0.1) is 11.3 Å². The van der Waals surface area contributed by atoms with Crippen molar-refractivity contribution in [3.05, 3.63) is 39.4 Å². The summed E-state index contributed by atoms with van der Waals surface area (Å²) >= 11 is 6.87. The van der Waals surface area contributed by atoms with Crippen molar-refractivity contribution in [2.45, 2.75) is 25.8 Å². The van der Waals surface area contributed by atoms with Crippen molar-refractivity contribution in [2.75, 3.05) is 20.3 Å². The van der Waals surface area contributed by atoms with Crippen LogP contribution in [0.2, 0.25) is 0 Å². The van der Waals surface area contributed by atoms with Crippen LogP contribution < -0.4 is 10.9 Å². The average molecular weight is 392 g/mol. The van der Waals surface area contributed by atoms with Gasteiger partial charge in [-0.3, -0.25) is 14.2 Å². The largest absolute Gasteiger partial charge is 0.383 e. The molecule has 0 aliphatic heterocycles. The maximum atomic E-state index is 12.8. The van der Waals surface area contributed by atoms with Crippen LogP contribution in [0.1, 0.15) is 19.3 Å². The topological polar surface area (TPSA) is 76.1 Å². The number of carbonyl (C=O) groups is 1. The highest BCUT2D eigenvalue weighted by Gasteiger charge is 2.11. The Balaban J connectivity index is 1.69. The molecule has 138 valence electrons. The Morgan fingerprint density at radius 1 is 1.35 bits per heavy atom. The van der Waals surface area contributed by atoms with Crippen LogP contribution in [0.4, 0.5) is 0 Å². The van der Waals surface area contributed by atoms with E-state index in [1.807, 2.05) is 24.3 Å². The van der Waals surface area contributed by atoms with Crippen molar-refractivity contribution in [3.8, 4) is 0 Å². The van der Waals surface area contributed by atoms with E-state index >= 15 is 0 Å². The van der Waals surface area contributed by atoms with E-state index in [1.54, 1.807) is 11.7 Å². The molecule has 1 aromatic carbocycles. The van der Waals surface area contributed by atoms with E-state index in [9.17, 15) is 9.59 Å². The van der Waals surface area contributed by atoms with Gasteiger partial charge in [0.1, 0.15) is 4.70 Å². The van der Waals surface area contributed by atoms with Crippen LogP contribution in [0.15, 0.2) is 29.1 Å². The molecule has 2 heterocycles. The summed E-state index contributed by atoms with van der Waals surface area (Å²) < 4.78 is 8.67. The number of amides is 1. The summed E-state index contributed by atoms with van der Waals surface area (Å²) in [6.45, 7) is 1.53. The summed E-state index contributed by atoms with van der Waals surface area (Å²) in [6.07, 6.45) is 1.84. The van der Waals surface area contributed by atoms with Crippen LogP contribution >= 0.6 is 23.6 Å². The Labute approximate surface area is 159 Å². The second-order valence-corrected chi connectivity index (χ2v) is 7.43. The van der Waals surface area contributed by atoms with Crippen molar-refractivity contribution in [1.82, 2.24) is 14.9 Å². The molecular weight excluding hydrogens is 370 g/mol. The van der Waals surface area contributed by atoms with Gasteiger partial charge in [0.2, 0.25) is 5.91 Å². The first-order valence-corrected chi connectivity index (χ1v) is 9.74. The third kappa shape index (κ3) is 4.03. The molecule has 0 aliphatic carbocycles. The molecule has 0 fully saturated rings. The summed E-state index contributed by atoms with van der Waals surface area (Å²) in [5.41, 5.74) is 0.754. The normalized spacial score (nSPS) is 11.3. The lowest BCUT2D eigenvalue weighted by atomic mass is 10.2. The number of benzene rings is 1. The van der Waals surface area contributed by atoms with Crippen LogP contribution in [0.25, 0.3) is 20.3 Å². The Hall–Kier alpha value is -2.03. The molecule has 0 saturated heterocycles. The molecule has 3 aromatic rings. The van der Waals surface area contributed by atoms with Crippen molar-refractivity contribution >= 4 is 49.8 Å². The van der Waals surface area contributed by atoms with Crippen LogP contribution in [0, 0.1) is 4.77 Å². The number of carbonyl (C=O) groups excluding carboxylic acids is 1. The Kier molecular flexibility index (Phi) is 6.18. The number of ether oxygens (including phenoxy) is 1. The number of hydrogen-bond acceptors (Lipinski definition) is 5. The first kappa shape index (κ1) is 18.8. The van der Waals surface area contributed by atoms with Gasteiger partial charge in [-0.2, -0.15) is 0 Å². The zero-order valence-corrected chi connectivity index (χ0v) is 16.2. The van der Waals surface area contributed by atoms with Gasteiger partial charge >= 0.3 is 0 Å². The number of fused-ring (bicyclic) bond motifs is 3. The number of methoxy groups -OCH3 is 1. The number of unbranched alkanes of at least 4 members (excludes halogenated alkanes) is 1. The zero-order chi connectivity index (χ0) is 18.5. The van der Waals surface area contributed by atoms with Gasteiger partial charge < -0.3 is 15.0 Å². The predicted molar refractivity (Wildman–Crippen MR) is 108 cm³/mol. The number of hydrogen-bond donors (Lipinski definition) is 2. The highest BCUT2D eigenvalue weighted by molar-refractivity contribution is 7.71. The molecule has 0 bridgehead atoms.